The van der Waals surface area contributed by atoms with Crippen LogP contribution in [0.1, 0.15) is 48.4 Å². The summed E-state index contributed by atoms with van der Waals surface area (Å²) in [7, 11) is 1.67. The van der Waals surface area contributed by atoms with Crippen molar-refractivity contribution in [1.29, 1.82) is 0 Å². The maximum absolute atomic E-state index is 6.26. The summed E-state index contributed by atoms with van der Waals surface area (Å²) in [6.45, 7) is 9.49. The van der Waals surface area contributed by atoms with Gasteiger partial charge in [0.2, 0.25) is 0 Å². The highest BCUT2D eigenvalue weighted by Crippen LogP contribution is 2.40. The molecule has 0 radical (unpaired) electrons. The molecule has 0 aliphatic carbocycles. The molecule has 5 rings (SSSR count). The highest BCUT2D eigenvalue weighted by atomic mass is 35.5. The quantitative estimate of drug-likeness (QED) is 0.498. The van der Waals surface area contributed by atoms with Gasteiger partial charge in [-0.1, -0.05) is 17.7 Å². The molecule has 3 aliphatic rings. The van der Waals surface area contributed by atoms with E-state index in [1.54, 1.807) is 7.11 Å². The van der Waals surface area contributed by atoms with Crippen molar-refractivity contribution >= 4 is 17.3 Å². The maximum atomic E-state index is 6.26. The third kappa shape index (κ3) is 5.26. The van der Waals surface area contributed by atoms with E-state index in [0.717, 1.165) is 37.6 Å². The molecule has 35 heavy (non-hydrogen) atoms. The van der Waals surface area contributed by atoms with Crippen molar-refractivity contribution in [2.24, 2.45) is 0 Å². The Morgan fingerprint density at radius 1 is 1.00 bits per heavy atom. The minimum Gasteiger partial charge on any atom is -0.495 e. The van der Waals surface area contributed by atoms with Crippen LogP contribution in [0.2, 0.25) is 5.02 Å². The minimum absolute atomic E-state index is 0.123. The Hall–Kier alpha value is -1.99. The fourth-order valence-electron chi connectivity index (χ4n) is 5.84. The van der Waals surface area contributed by atoms with Crippen LogP contribution < -0.4 is 14.4 Å². The molecule has 0 bridgehead atoms. The largest absolute Gasteiger partial charge is 0.495 e. The summed E-state index contributed by atoms with van der Waals surface area (Å²) in [5.41, 5.74) is 5.23. The second-order valence-corrected chi connectivity index (χ2v) is 10.2. The molecule has 190 valence electrons. The summed E-state index contributed by atoms with van der Waals surface area (Å²) in [5.74, 6) is 1.71. The van der Waals surface area contributed by atoms with E-state index in [-0.39, 0.29) is 6.29 Å². The van der Waals surface area contributed by atoms with Crippen molar-refractivity contribution in [2.45, 2.75) is 57.9 Å². The van der Waals surface area contributed by atoms with E-state index in [1.807, 2.05) is 6.07 Å². The Morgan fingerprint density at radius 3 is 2.63 bits per heavy atom. The van der Waals surface area contributed by atoms with E-state index in [0.29, 0.717) is 36.9 Å². The van der Waals surface area contributed by atoms with Gasteiger partial charge in [0.25, 0.3) is 0 Å². The first-order valence-electron chi connectivity index (χ1n) is 12.9. The van der Waals surface area contributed by atoms with Crippen LogP contribution in [-0.4, -0.2) is 63.8 Å². The fraction of sp³-hybridized carbons (Fsp3) is 0.571. The van der Waals surface area contributed by atoms with Crippen LogP contribution in [0.15, 0.2) is 30.3 Å². The maximum Gasteiger partial charge on any atom is 0.161 e. The zero-order valence-electron chi connectivity index (χ0n) is 21.1. The van der Waals surface area contributed by atoms with Crippen molar-refractivity contribution < 1.29 is 18.9 Å². The molecule has 6 nitrogen and oxygen atoms in total. The molecule has 0 N–H and O–H groups in total. The molecule has 3 aliphatic heterocycles. The predicted octanol–water partition coefficient (Wildman–Crippen LogP) is 5.52. The average molecular weight is 501 g/mol. The Morgan fingerprint density at radius 2 is 1.83 bits per heavy atom. The number of methoxy groups -OCH3 is 1. The van der Waals surface area contributed by atoms with Crippen molar-refractivity contribution in [3.05, 3.63) is 52.0 Å². The van der Waals surface area contributed by atoms with Crippen LogP contribution in [0.3, 0.4) is 0 Å². The van der Waals surface area contributed by atoms with Gasteiger partial charge >= 0.3 is 0 Å². The number of piperazine rings is 1. The summed E-state index contributed by atoms with van der Waals surface area (Å²) in [4.78, 5) is 5.22. The normalized spacial score (nSPS) is 23.4. The van der Waals surface area contributed by atoms with E-state index >= 15 is 0 Å². The first kappa shape index (κ1) is 24.7. The second kappa shape index (κ2) is 11.0. The third-order valence-electron chi connectivity index (χ3n) is 7.88. The van der Waals surface area contributed by atoms with Gasteiger partial charge in [0, 0.05) is 49.9 Å². The fourth-order valence-corrected chi connectivity index (χ4v) is 6.03. The van der Waals surface area contributed by atoms with E-state index in [4.69, 9.17) is 30.5 Å². The first-order chi connectivity index (χ1) is 17.0. The van der Waals surface area contributed by atoms with Crippen molar-refractivity contribution in [1.82, 2.24) is 4.90 Å². The molecule has 2 atom stereocenters. The minimum atomic E-state index is -0.123. The topological polar surface area (TPSA) is 43.4 Å². The second-order valence-electron chi connectivity index (χ2n) is 9.81. The van der Waals surface area contributed by atoms with Crippen LogP contribution in [-0.2, 0) is 9.47 Å². The Bertz CT molecular complexity index is 1030. The molecule has 2 unspecified atom stereocenters. The molecule has 0 saturated carbocycles. The van der Waals surface area contributed by atoms with Crippen molar-refractivity contribution in [3.8, 4) is 11.5 Å². The number of nitrogens with zero attached hydrogens (tertiary/aromatic N) is 2. The van der Waals surface area contributed by atoms with Crippen LogP contribution in [0.4, 0.5) is 5.69 Å². The number of benzene rings is 2. The number of ether oxygens (including phenoxy) is 4. The lowest BCUT2D eigenvalue weighted by Gasteiger charge is -2.49. The van der Waals surface area contributed by atoms with Gasteiger partial charge in [0.05, 0.1) is 32.0 Å². The summed E-state index contributed by atoms with van der Waals surface area (Å²) < 4.78 is 22.6. The number of piperidine rings is 1. The Balaban J connectivity index is 1.26. The van der Waals surface area contributed by atoms with Gasteiger partial charge in [0.1, 0.15) is 11.5 Å². The lowest BCUT2D eigenvalue weighted by atomic mass is 9.86. The molecular formula is C28H37ClN2O4. The monoisotopic (exact) mass is 500 g/mol. The van der Waals surface area contributed by atoms with Crippen LogP contribution in [0.25, 0.3) is 0 Å². The van der Waals surface area contributed by atoms with Gasteiger partial charge in [-0.3, -0.25) is 4.90 Å². The number of fused-ring (bicyclic) bond motifs is 1. The highest BCUT2D eigenvalue weighted by molar-refractivity contribution is 6.32. The van der Waals surface area contributed by atoms with Gasteiger partial charge in [-0.2, -0.15) is 0 Å². The SMILES string of the molecule is COc1cc(N2CCN3C(CCCC3c3ccc(OCCC4OCCO4)c(C)c3C)C2)ccc1Cl. The van der Waals surface area contributed by atoms with Crippen molar-refractivity contribution in [2.75, 3.05) is 51.5 Å². The molecule has 0 aromatic heterocycles. The summed E-state index contributed by atoms with van der Waals surface area (Å²) in [6, 6.07) is 11.6. The van der Waals surface area contributed by atoms with E-state index in [2.05, 4.69) is 47.9 Å². The Labute approximate surface area is 214 Å². The zero-order valence-corrected chi connectivity index (χ0v) is 21.9. The summed E-state index contributed by atoms with van der Waals surface area (Å²) in [6.07, 6.45) is 4.34. The van der Waals surface area contributed by atoms with Crippen LogP contribution >= 0.6 is 11.6 Å². The van der Waals surface area contributed by atoms with Crippen molar-refractivity contribution in [3.63, 3.8) is 0 Å². The van der Waals surface area contributed by atoms with E-state index in [1.165, 1.54) is 41.6 Å². The molecule has 3 saturated heterocycles. The van der Waals surface area contributed by atoms with Gasteiger partial charge in [-0.15, -0.1) is 0 Å². The molecule has 3 heterocycles. The molecule has 3 fully saturated rings. The molecular weight excluding hydrogens is 464 g/mol. The number of anilines is 1. The Kier molecular flexibility index (Phi) is 7.73. The lowest BCUT2D eigenvalue weighted by molar-refractivity contribution is -0.0531. The summed E-state index contributed by atoms with van der Waals surface area (Å²) in [5, 5.41) is 0.658. The number of hydrogen-bond acceptors (Lipinski definition) is 6. The zero-order chi connectivity index (χ0) is 24.4. The molecule has 0 amide bonds. The number of rotatable bonds is 7. The number of halogens is 1. The summed E-state index contributed by atoms with van der Waals surface area (Å²) >= 11 is 6.26. The van der Waals surface area contributed by atoms with Gasteiger partial charge in [-0.05, 0) is 68.0 Å². The predicted molar refractivity (Wildman–Crippen MR) is 139 cm³/mol. The molecule has 2 aromatic rings. The molecule has 2 aromatic carbocycles. The van der Waals surface area contributed by atoms with Gasteiger partial charge in [-0.25, -0.2) is 0 Å². The van der Waals surface area contributed by atoms with Gasteiger partial charge < -0.3 is 23.8 Å². The first-order valence-corrected chi connectivity index (χ1v) is 13.2. The smallest absolute Gasteiger partial charge is 0.161 e. The van der Waals surface area contributed by atoms with E-state index < -0.39 is 0 Å². The number of hydrogen-bond donors (Lipinski definition) is 0. The highest BCUT2D eigenvalue weighted by Gasteiger charge is 2.36. The molecule has 0 spiro atoms. The van der Waals surface area contributed by atoms with Gasteiger partial charge in [0.15, 0.2) is 6.29 Å². The third-order valence-corrected chi connectivity index (χ3v) is 8.20. The van der Waals surface area contributed by atoms with E-state index in [9.17, 15) is 0 Å². The lowest BCUT2D eigenvalue weighted by Crippen LogP contribution is -2.56. The molecule has 7 heteroatoms. The standard InChI is InChI=1S/C28H37ClN2O4/c1-19-20(2)26(33-14-11-28-34-15-16-35-28)10-8-23(19)25-6-4-5-22-18-30(12-13-31(22)25)21-7-9-24(29)27(17-21)32-3/h7-10,17,22,25,28H,4-6,11-16,18H2,1-3H3. The van der Waals surface area contributed by atoms with Crippen LogP contribution in [0.5, 0.6) is 11.5 Å². The van der Waals surface area contributed by atoms with Crippen LogP contribution in [0, 0.1) is 13.8 Å². The average Bonchev–Trinajstić information content (AvgIpc) is 3.40.